The van der Waals surface area contributed by atoms with Crippen molar-refractivity contribution in [3.63, 3.8) is 0 Å². The molecule has 0 bridgehead atoms. The molecule has 0 saturated heterocycles. The summed E-state index contributed by atoms with van der Waals surface area (Å²) in [5, 5.41) is 2.97. The predicted octanol–water partition coefficient (Wildman–Crippen LogP) is 1.93. The van der Waals surface area contributed by atoms with Crippen molar-refractivity contribution in [1.29, 1.82) is 0 Å². The Morgan fingerprint density at radius 1 is 1.37 bits per heavy atom. The van der Waals surface area contributed by atoms with Gasteiger partial charge in [-0.15, -0.1) is 0 Å². The minimum atomic E-state index is -0.681. The molecule has 0 saturated carbocycles. The van der Waals surface area contributed by atoms with Gasteiger partial charge in [0, 0.05) is 12.6 Å². The Morgan fingerprint density at radius 2 is 1.89 bits per heavy atom. The molecule has 19 heavy (non-hydrogen) atoms. The maximum absolute atomic E-state index is 12.3. The van der Waals surface area contributed by atoms with Crippen LogP contribution in [-0.2, 0) is 4.79 Å². The summed E-state index contributed by atoms with van der Waals surface area (Å²) in [5.74, 6) is -0.0304. The lowest BCUT2D eigenvalue weighted by atomic mass is 9.81. The SMILES string of the molecule is CCC(CC)(C(=O)NCCCN(C)C(C)C)C(N)=S. The Bertz CT molecular complexity index is 301. The minimum absolute atomic E-state index is 0.0304. The van der Waals surface area contributed by atoms with E-state index in [4.69, 9.17) is 18.0 Å². The van der Waals surface area contributed by atoms with E-state index in [1.165, 1.54) is 0 Å². The van der Waals surface area contributed by atoms with E-state index in [9.17, 15) is 4.79 Å². The van der Waals surface area contributed by atoms with Crippen LogP contribution in [0.2, 0.25) is 0 Å². The molecule has 0 aliphatic carbocycles. The van der Waals surface area contributed by atoms with Gasteiger partial charge in [0.25, 0.3) is 0 Å². The number of rotatable bonds is 9. The molecular weight excluding hydrogens is 258 g/mol. The maximum atomic E-state index is 12.3. The van der Waals surface area contributed by atoms with Crippen LogP contribution in [0.4, 0.5) is 0 Å². The molecule has 5 heteroatoms. The molecule has 0 fully saturated rings. The monoisotopic (exact) mass is 287 g/mol. The fourth-order valence-electron chi connectivity index (χ4n) is 1.99. The number of thiocarbonyl (C=S) groups is 1. The van der Waals surface area contributed by atoms with Gasteiger partial charge in [-0.3, -0.25) is 4.79 Å². The zero-order valence-electron chi connectivity index (χ0n) is 13.0. The second kappa shape index (κ2) is 8.48. The summed E-state index contributed by atoms with van der Waals surface area (Å²) >= 11 is 5.07. The van der Waals surface area contributed by atoms with Crippen LogP contribution >= 0.6 is 12.2 Å². The molecule has 0 atom stereocenters. The minimum Gasteiger partial charge on any atom is -0.392 e. The van der Waals surface area contributed by atoms with Gasteiger partial charge in [0.1, 0.15) is 0 Å². The topological polar surface area (TPSA) is 58.4 Å². The molecule has 0 rings (SSSR count). The van der Waals surface area contributed by atoms with Crippen LogP contribution < -0.4 is 11.1 Å². The van der Waals surface area contributed by atoms with E-state index in [1.807, 2.05) is 13.8 Å². The molecule has 4 nitrogen and oxygen atoms in total. The normalized spacial score (nSPS) is 11.9. The van der Waals surface area contributed by atoms with Crippen molar-refractivity contribution in [1.82, 2.24) is 10.2 Å². The second-order valence-electron chi connectivity index (χ2n) is 5.34. The van der Waals surface area contributed by atoms with Crippen LogP contribution in [0, 0.1) is 5.41 Å². The van der Waals surface area contributed by atoms with Crippen molar-refractivity contribution in [2.24, 2.45) is 11.1 Å². The number of nitrogens with zero attached hydrogens (tertiary/aromatic N) is 1. The average Bonchev–Trinajstić information content (AvgIpc) is 2.35. The third-order valence-corrected chi connectivity index (χ3v) is 4.36. The first kappa shape index (κ1) is 18.3. The van der Waals surface area contributed by atoms with Crippen molar-refractivity contribution in [3.8, 4) is 0 Å². The lowest BCUT2D eigenvalue weighted by Gasteiger charge is -2.29. The smallest absolute Gasteiger partial charge is 0.233 e. The number of carbonyl (C=O) groups excluding carboxylic acids is 1. The highest BCUT2D eigenvalue weighted by molar-refractivity contribution is 7.80. The summed E-state index contributed by atoms with van der Waals surface area (Å²) in [4.78, 5) is 14.8. The summed E-state index contributed by atoms with van der Waals surface area (Å²) in [6, 6.07) is 0.526. The molecule has 0 heterocycles. The van der Waals surface area contributed by atoms with Crippen LogP contribution in [0.1, 0.15) is 47.0 Å². The Kier molecular flexibility index (Phi) is 8.18. The van der Waals surface area contributed by atoms with E-state index in [0.717, 1.165) is 13.0 Å². The molecule has 0 spiro atoms. The van der Waals surface area contributed by atoms with E-state index in [0.29, 0.717) is 30.4 Å². The third-order valence-electron chi connectivity index (χ3n) is 3.97. The van der Waals surface area contributed by atoms with Gasteiger partial charge in [0.2, 0.25) is 5.91 Å². The highest BCUT2D eigenvalue weighted by atomic mass is 32.1. The van der Waals surface area contributed by atoms with E-state index in [-0.39, 0.29) is 5.91 Å². The van der Waals surface area contributed by atoms with E-state index in [1.54, 1.807) is 0 Å². The Hall–Kier alpha value is -0.680. The van der Waals surface area contributed by atoms with Crippen LogP contribution in [0.25, 0.3) is 0 Å². The van der Waals surface area contributed by atoms with Crippen LogP contribution in [0.5, 0.6) is 0 Å². The molecular formula is C14H29N3OS. The van der Waals surface area contributed by atoms with Gasteiger partial charge in [-0.25, -0.2) is 0 Å². The van der Waals surface area contributed by atoms with Crippen molar-refractivity contribution < 1.29 is 4.79 Å². The number of carbonyl (C=O) groups is 1. The molecule has 0 aliphatic heterocycles. The number of nitrogens with one attached hydrogen (secondary N) is 1. The first-order valence-electron chi connectivity index (χ1n) is 7.10. The first-order chi connectivity index (χ1) is 8.81. The van der Waals surface area contributed by atoms with Gasteiger partial charge in [0.15, 0.2) is 0 Å². The van der Waals surface area contributed by atoms with Crippen molar-refractivity contribution in [3.05, 3.63) is 0 Å². The van der Waals surface area contributed by atoms with Crippen molar-refractivity contribution in [2.45, 2.75) is 53.0 Å². The Morgan fingerprint density at radius 3 is 2.26 bits per heavy atom. The average molecular weight is 287 g/mol. The molecule has 3 N–H and O–H groups in total. The summed E-state index contributed by atoms with van der Waals surface area (Å²) in [6.07, 6.45) is 2.23. The summed E-state index contributed by atoms with van der Waals surface area (Å²) in [6.45, 7) is 9.86. The van der Waals surface area contributed by atoms with Gasteiger partial charge in [-0.1, -0.05) is 26.1 Å². The predicted molar refractivity (Wildman–Crippen MR) is 85.2 cm³/mol. The highest BCUT2D eigenvalue weighted by Gasteiger charge is 2.37. The standard InChI is InChI=1S/C14H29N3OS/c1-6-14(7-2,12(15)19)13(18)16-9-8-10-17(5)11(3)4/h11H,6-10H2,1-5H3,(H2,15,19)(H,16,18). The van der Waals surface area contributed by atoms with Gasteiger partial charge in [0.05, 0.1) is 10.4 Å². The molecule has 0 aromatic heterocycles. The lowest BCUT2D eigenvalue weighted by molar-refractivity contribution is -0.127. The summed E-state index contributed by atoms with van der Waals surface area (Å²) in [5.41, 5.74) is 5.07. The van der Waals surface area contributed by atoms with Crippen LogP contribution in [-0.4, -0.2) is 42.0 Å². The van der Waals surface area contributed by atoms with Crippen molar-refractivity contribution >= 4 is 23.1 Å². The number of hydrogen-bond donors (Lipinski definition) is 2. The van der Waals surface area contributed by atoms with Gasteiger partial charge < -0.3 is 16.0 Å². The molecule has 0 aromatic rings. The van der Waals surface area contributed by atoms with Crippen molar-refractivity contribution in [2.75, 3.05) is 20.1 Å². The summed E-state index contributed by atoms with van der Waals surface area (Å²) < 4.78 is 0. The Labute approximate surface area is 123 Å². The van der Waals surface area contributed by atoms with Gasteiger partial charge in [-0.2, -0.15) is 0 Å². The van der Waals surface area contributed by atoms with Crippen LogP contribution in [0.3, 0.4) is 0 Å². The fourth-order valence-corrected chi connectivity index (χ4v) is 2.37. The first-order valence-corrected chi connectivity index (χ1v) is 7.51. The highest BCUT2D eigenvalue weighted by Crippen LogP contribution is 2.27. The fraction of sp³-hybridized carbons (Fsp3) is 0.857. The summed E-state index contributed by atoms with van der Waals surface area (Å²) in [7, 11) is 2.09. The number of nitrogens with two attached hydrogens (primary N) is 1. The van der Waals surface area contributed by atoms with E-state index < -0.39 is 5.41 Å². The Balaban J connectivity index is 4.26. The van der Waals surface area contributed by atoms with E-state index >= 15 is 0 Å². The molecule has 0 aromatic carbocycles. The number of hydrogen-bond acceptors (Lipinski definition) is 3. The number of amides is 1. The lowest BCUT2D eigenvalue weighted by Crippen LogP contribution is -2.48. The second-order valence-corrected chi connectivity index (χ2v) is 5.78. The molecule has 112 valence electrons. The quantitative estimate of drug-likeness (QED) is 0.502. The van der Waals surface area contributed by atoms with Gasteiger partial charge in [-0.05, 0) is 46.7 Å². The van der Waals surface area contributed by atoms with E-state index in [2.05, 4.69) is 31.1 Å². The van der Waals surface area contributed by atoms with Crippen LogP contribution in [0.15, 0.2) is 0 Å². The largest absolute Gasteiger partial charge is 0.392 e. The molecule has 1 amide bonds. The molecule has 0 radical (unpaired) electrons. The maximum Gasteiger partial charge on any atom is 0.233 e. The zero-order valence-corrected chi connectivity index (χ0v) is 13.8. The van der Waals surface area contributed by atoms with Gasteiger partial charge >= 0.3 is 0 Å². The third kappa shape index (κ3) is 5.07. The zero-order chi connectivity index (χ0) is 15.1. The molecule has 0 aliphatic rings. The molecule has 0 unspecified atom stereocenters.